The third-order valence-corrected chi connectivity index (χ3v) is 5.86. The Kier molecular flexibility index (Phi) is 5.62. The van der Waals surface area contributed by atoms with E-state index in [2.05, 4.69) is 20.1 Å². The summed E-state index contributed by atoms with van der Waals surface area (Å²) in [6.45, 7) is 0.721. The molecule has 6 nitrogen and oxygen atoms in total. The van der Waals surface area contributed by atoms with Crippen molar-refractivity contribution in [1.82, 2.24) is 25.0 Å². The van der Waals surface area contributed by atoms with Crippen LogP contribution < -0.4 is 0 Å². The quantitative estimate of drug-likeness (QED) is 0.364. The van der Waals surface area contributed by atoms with Crippen LogP contribution in [0.2, 0.25) is 0 Å². The van der Waals surface area contributed by atoms with E-state index in [4.69, 9.17) is 4.52 Å². The van der Waals surface area contributed by atoms with Crippen molar-refractivity contribution < 1.29 is 30.9 Å². The molecular weight excluding hydrogens is 476 g/mol. The number of hydrogen-bond acceptors (Lipinski definition) is 5. The maximum atomic E-state index is 12.9. The van der Waals surface area contributed by atoms with Gasteiger partial charge in [-0.2, -0.15) is 31.3 Å². The molecule has 1 unspecified atom stereocenters. The number of hydrogen-bond donors (Lipinski definition) is 1. The van der Waals surface area contributed by atoms with E-state index in [0.717, 1.165) is 35.7 Å². The van der Waals surface area contributed by atoms with Crippen molar-refractivity contribution in [1.29, 1.82) is 0 Å². The van der Waals surface area contributed by atoms with Gasteiger partial charge in [0.1, 0.15) is 0 Å². The largest absolute Gasteiger partial charge is 0.416 e. The van der Waals surface area contributed by atoms with E-state index in [1.54, 1.807) is 6.33 Å². The molecule has 1 N–H and O–H groups in total. The summed E-state index contributed by atoms with van der Waals surface area (Å²) in [7, 11) is 0. The Bertz CT molecular complexity index is 1310. The fraction of sp³-hybridized carbons (Fsp3) is 0.261. The second-order valence-electron chi connectivity index (χ2n) is 8.18. The Morgan fingerprint density at radius 2 is 1.54 bits per heavy atom. The molecule has 12 heteroatoms. The van der Waals surface area contributed by atoms with E-state index in [-0.39, 0.29) is 11.7 Å². The van der Waals surface area contributed by atoms with Crippen LogP contribution in [-0.2, 0) is 31.9 Å². The SMILES string of the molecule is FC(F)(F)c1ccc(CN2Cc3[nH]cnc3CC2c2nc(-c3ccc(C(F)(F)F)cc3)no2)cc1. The zero-order valence-corrected chi connectivity index (χ0v) is 17.9. The Morgan fingerprint density at radius 1 is 0.914 bits per heavy atom. The summed E-state index contributed by atoms with van der Waals surface area (Å²) in [5, 5.41) is 3.93. The molecule has 0 radical (unpaired) electrons. The molecule has 0 saturated carbocycles. The normalized spacial score (nSPS) is 16.9. The first-order chi connectivity index (χ1) is 16.6. The molecule has 0 amide bonds. The first-order valence-corrected chi connectivity index (χ1v) is 10.5. The predicted molar refractivity (Wildman–Crippen MR) is 110 cm³/mol. The molecule has 182 valence electrons. The minimum atomic E-state index is -4.46. The lowest BCUT2D eigenvalue weighted by Gasteiger charge is -2.32. The number of benzene rings is 2. The average molecular weight is 493 g/mol. The van der Waals surface area contributed by atoms with Gasteiger partial charge in [0.15, 0.2) is 0 Å². The molecule has 3 heterocycles. The maximum Gasteiger partial charge on any atom is 0.416 e. The van der Waals surface area contributed by atoms with Crippen molar-refractivity contribution >= 4 is 0 Å². The van der Waals surface area contributed by atoms with Crippen molar-refractivity contribution in [3.63, 3.8) is 0 Å². The average Bonchev–Trinajstić information content (AvgIpc) is 3.47. The zero-order valence-electron chi connectivity index (χ0n) is 17.9. The number of nitrogens with one attached hydrogen (secondary N) is 1. The maximum absolute atomic E-state index is 12.9. The molecule has 1 aliphatic heterocycles. The minimum absolute atomic E-state index is 0.135. The van der Waals surface area contributed by atoms with E-state index < -0.39 is 29.5 Å². The number of aromatic nitrogens is 4. The smallest absolute Gasteiger partial charge is 0.347 e. The van der Waals surface area contributed by atoms with Crippen LogP contribution >= 0.6 is 0 Å². The van der Waals surface area contributed by atoms with Gasteiger partial charge in [0.05, 0.1) is 34.9 Å². The van der Waals surface area contributed by atoms with Crippen molar-refractivity contribution in [2.24, 2.45) is 0 Å². The first kappa shape index (κ1) is 23.1. The van der Waals surface area contributed by atoms with Crippen LogP contribution in [-0.4, -0.2) is 25.0 Å². The van der Waals surface area contributed by atoms with E-state index in [9.17, 15) is 26.3 Å². The molecule has 0 bridgehead atoms. The van der Waals surface area contributed by atoms with Gasteiger partial charge >= 0.3 is 12.4 Å². The van der Waals surface area contributed by atoms with Gasteiger partial charge in [0, 0.05) is 25.1 Å². The van der Waals surface area contributed by atoms with Crippen molar-refractivity contribution in [3.05, 3.63) is 88.8 Å². The molecule has 0 saturated heterocycles. The van der Waals surface area contributed by atoms with Crippen LogP contribution in [0.15, 0.2) is 59.4 Å². The molecule has 2 aromatic carbocycles. The monoisotopic (exact) mass is 493 g/mol. The van der Waals surface area contributed by atoms with Crippen LogP contribution in [0.3, 0.4) is 0 Å². The molecule has 5 rings (SSSR count). The number of alkyl halides is 6. The highest BCUT2D eigenvalue weighted by atomic mass is 19.4. The summed E-state index contributed by atoms with van der Waals surface area (Å²) in [5.41, 5.74) is 1.17. The minimum Gasteiger partial charge on any atom is -0.347 e. The highest BCUT2D eigenvalue weighted by Gasteiger charge is 2.34. The molecule has 0 aliphatic carbocycles. The van der Waals surface area contributed by atoms with Crippen molar-refractivity contribution in [2.45, 2.75) is 37.9 Å². The number of halogens is 6. The molecule has 2 aromatic heterocycles. The third-order valence-electron chi connectivity index (χ3n) is 5.86. The number of nitrogens with zero attached hydrogens (tertiary/aromatic N) is 4. The summed E-state index contributed by atoms with van der Waals surface area (Å²) in [4.78, 5) is 13.7. The van der Waals surface area contributed by atoms with Gasteiger partial charge in [-0.05, 0) is 29.8 Å². The lowest BCUT2D eigenvalue weighted by atomic mass is 10.0. The first-order valence-electron chi connectivity index (χ1n) is 10.5. The summed E-state index contributed by atoms with van der Waals surface area (Å²) in [6, 6.07) is 8.90. The van der Waals surface area contributed by atoms with Crippen LogP contribution in [0, 0.1) is 0 Å². The van der Waals surface area contributed by atoms with Gasteiger partial charge in [0.25, 0.3) is 0 Å². The summed E-state index contributed by atoms with van der Waals surface area (Å²) in [5.74, 6) is 0.372. The Balaban J connectivity index is 1.40. The topological polar surface area (TPSA) is 70.8 Å². The molecule has 4 aromatic rings. The van der Waals surface area contributed by atoms with Gasteiger partial charge in [-0.25, -0.2) is 4.98 Å². The summed E-state index contributed by atoms with van der Waals surface area (Å²) < 4.78 is 82.7. The number of aromatic amines is 1. The molecular formula is C23H17F6N5O. The predicted octanol–water partition coefficient (Wildman–Crippen LogP) is 5.80. The van der Waals surface area contributed by atoms with Crippen LogP contribution in [0.4, 0.5) is 26.3 Å². The van der Waals surface area contributed by atoms with Crippen molar-refractivity contribution in [2.75, 3.05) is 0 Å². The molecule has 0 spiro atoms. The van der Waals surface area contributed by atoms with Gasteiger partial charge in [-0.15, -0.1) is 0 Å². The van der Waals surface area contributed by atoms with E-state index in [1.807, 2.05) is 4.90 Å². The van der Waals surface area contributed by atoms with Gasteiger partial charge in [-0.3, -0.25) is 4.90 Å². The van der Waals surface area contributed by atoms with Gasteiger partial charge in [-0.1, -0.05) is 29.4 Å². The van der Waals surface area contributed by atoms with E-state index >= 15 is 0 Å². The van der Waals surface area contributed by atoms with Crippen LogP contribution in [0.5, 0.6) is 0 Å². The lowest BCUT2D eigenvalue weighted by molar-refractivity contribution is -0.138. The van der Waals surface area contributed by atoms with Crippen LogP contribution in [0.1, 0.15) is 40.0 Å². The standard InChI is InChI=1S/C23H17F6N5O/c24-22(25,26)15-5-1-13(2-6-15)10-34-11-18-17(30-12-31-18)9-19(34)21-32-20(33-35-21)14-3-7-16(8-4-14)23(27,28)29/h1-8,12,19H,9-11H2,(H,30,31). The highest BCUT2D eigenvalue weighted by Crippen LogP contribution is 2.35. The number of rotatable bonds is 4. The molecule has 35 heavy (non-hydrogen) atoms. The lowest BCUT2D eigenvalue weighted by Crippen LogP contribution is -2.34. The summed E-state index contributed by atoms with van der Waals surface area (Å²) >= 11 is 0. The van der Waals surface area contributed by atoms with E-state index in [1.165, 1.54) is 24.3 Å². The number of imidazole rings is 1. The van der Waals surface area contributed by atoms with Gasteiger partial charge in [0.2, 0.25) is 11.7 Å². The second kappa shape index (κ2) is 8.52. The molecule has 0 fully saturated rings. The Morgan fingerprint density at radius 3 is 2.17 bits per heavy atom. The third kappa shape index (κ3) is 4.78. The molecule has 1 atom stereocenters. The summed E-state index contributed by atoms with van der Waals surface area (Å²) in [6.07, 6.45) is -6.91. The Labute approximate surface area is 194 Å². The highest BCUT2D eigenvalue weighted by molar-refractivity contribution is 5.55. The number of H-pyrrole nitrogens is 1. The van der Waals surface area contributed by atoms with Gasteiger partial charge < -0.3 is 9.51 Å². The molecule has 1 aliphatic rings. The van der Waals surface area contributed by atoms with Crippen LogP contribution in [0.25, 0.3) is 11.4 Å². The second-order valence-corrected chi connectivity index (χ2v) is 8.18. The fourth-order valence-corrected chi connectivity index (χ4v) is 4.03. The van der Waals surface area contributed by atoms with E-state index in [0.29, 0.717) is 30.6 Å². The fourth-order valence-electron chi connectivity index (χ4n) is 4.03. The zero-order chi connectivity index (χ0) is 24.8. The Hall–Kier alpha value is -3.67. The number of fused-ring (bicyclic) bond motifs is 1. The van der Waals surface area contributed by atoms with Crippen molar-refractivity contribution in [3.8, 4) is 11.4 Å².